The van der Waals surface area contributed by atoms with E-state index in [9.17, 15) is 4.39 Å². The summed E-state index contributed by atoms with van der Waals surface area (Å²) >= 11 is 0. The van der Waals surface area contributed by atoms with Crippen molar-refractivity contribution in [3.05, 3.63) is 0 Å². The Morgan fingerprint density at radius 2 is 1.92 bits per heavy atom. The van der Waals surface area contributed by atoms with Gasteiger partial charge in [-0.15, -0.1) is 0 Å². The molecule has 0 aromatic carbocycles. The van der Waals surface area contributed by atoms with Gasteiger partial charge < -0.3 is 4.90 Å². The van der Waals surface area contributed by atoms with Crippen LogP contribution in [0.3, 0.4) is 0 Å². The number of likely N-dealkylation sites (tertiary alicyclic amines) is 1. The minimum atomic E-state index is -0.186. The van der Waals surface area contributed by atoms with Crippen LogP contribution in [0.5, 0.6) is 0 Å². The zero-order valence-corrected chi connectivity index (χ0v) is 8.93. The summed E-state index contributed by atoms with van der Waals surface area (Å²) in [6.07, 6.45) is 3.90. The predicted molar refractivity (Wildman–Crippen MR) is 54.6 cm³/mol. The molecule has 0 aromatic rings. The minimum Gasteiger partial charge on any atom is -0.301 e. The Hall–Kier alpha value is -0.110. The molecule has 0 atom stereocenters. The highest BCUT2D eigenvalue weighted by Gasteiger charge is 2.19. The van der Waals surface area contributed by atoms with Gasteiger partial charge in [0.05, 0.1) is 0 Å². The second-order valence-electron chi connectivity index (χ2n) is 4.60. The standard InChI is InChI=1S/C11H22FN/c1-10(2)9-11-3-6-13(7-4-11)8-5-12/h10-11H,3-9H2,1-2H3. The third-order valence-corrected chi connectivity index (χ3v) is 2.91. The number of alkyl halides is 1. The molecule has 0 unspecified atom stereocenters. The van der Waals surface area contributed by atoms with E-state index in [1.165, 1.54) is 19.3 Å². The lowest BCUT2D eigenvalue weighted by Gasteiger charge is -2.31. The van der Waals surface area contributed by atoms with Gasteiger partial charge in [0, 0.05) is 6.54 Å². The van der Waals surface area contributed by atoms with Crippen molar-refractivity contribution in [1.29, 1.82) is 0 Å². The Morgan fingerprint density at radius 3 is 2.38 bits per heavy atom. The summed E-state index contributed by atoms with van der Waals surface area (Å²) in [5.41, 5.74) is 0. The lowest BCUT2D eigenvalue weighted by molar-refractivity contribution is 0.161. The topological polar surface area (TPSA) is 3.24 Å². The van der Waals surface area contributed by atoms with Crippen LogP contribution in [0, 0.1) is 11.8 Å². The Kier molecular flexibility index (Phi) is 4.71. The van der Waals surface area contributed by atoms with E-state index in [0.717, 1.165) is 24.9 Å². The normalized spacial score (nSPS) is 21.2. The number of rotatable bonds is 4. The van der Waals surface area contributed by atoms with Gasteiger partial charge >= 0.3 is 0 Å². The molecular weight excluding hydrogens is 165 g/mol. The van der Waals surface area contributed by atoms with Gasteiger partial charge in [0.15, 0.2) is 0 Å². The zero-order chi connectivity index (χ0) is 9.68. The van der Waals surface area contributed by atoms with Crippen LogP contribution >= 0.6 is 0 Å². The van der Waals surface area contributed by atoms with Gasteiger partial charge in [-0.2, -0.15) is 0 Å². The highest BCUT2D eigenvalue weighted by atomic mass is 19.1. The fourth-order valence-corrected chi connectivity index (χ4v) is 2.23. The van der Waals surface area contributed by atoms with E-state index in [-0.39, 0.29) is 6.67 Å². The van der Waals surface area contributed by atoms with Gasteiger partial charge in [-0.25, -0.2) is 4.39 Å². The van der Waals surface area contributed by atoms with Crippen LogP contribution in [-0.4, -0.2) is 31.2 Å². The lowest BCUT2D eigenvalue weighted by atomic mass is 9.89. The van der Waals surface area contributed by atoms with E-state index in [1.54, 1.807) is 0 Å². The Morgan fingerprint density at radius 1 is 1.31 bits per heavy atom. The van der Waals surface area contributed by atoms with Crippen LogP contribution in [0.1, 0.15) is 33.1 Å². The van der Waals surface area contributed by atoms with Crippen LogP contribution in [-0.2, 0) is 0 Å². The molecule has 1 fully saturated rings. The van der Waals surface area contributed by atoms with E-state index in [2.05, 4.69) is 18.7 Å². The molecule has 1 aliphatic rings. The number of nitrogens with zero attached hydrogens (tertiary/aromatic N) is 1. The van der Waals surface area contributed by atoms with Crippen LogP contribution in [0.2, 0.25) is 0 Å². The van der Waals surface area contributed by atoms with Crippen molar-refractivity contribution >= 4 is 0 Å². The molecule has 1 heterocycles. The van der Waals surface area contributed by atoms with Gasteiger partial charge in [0.25, 0.3) is 0 Å². The third-order valence-electron chi connectivity index (χ3n) is 2.91. The van der Waals surface area contributed by atoms with Gasteiger partial charge in [-0.1, -0.05) is 13.8 Å². The van der Waals surface area contributed by atoms with Crippen molar-refractivity contribution in [3.63, 3.8) is 0 Å². The minimum absolute atomic E-state index is 0.186. The summed E-state index contributed by atoms with van der Waals surface area (Å²) in [5, 5.41) is 0. The second kappa shape index (κ2) is 5.58. The van der Waals surface area contributed by atoms with Crippen molar-refractivity contribution in [1.82, 2.24) is 4.90 Å². The van der Waals surface area contributed by atoms with Crippen LogP contribution in [0.15, 0.2) is 0 Å². The first kappa shape index (κ1) is 11.0. The summed E-state index contributed by atoms with van der Waals surface area (Å²) in [4.78, 5) is 2.25. The molecule has 0 spiro atoms. The molecule has 1 saturated heterocycles. The van der Waals surface area contributed by atoms with E-state index in [4.69, 9.17) is 0 Å². The van der Waals surface area contributed by atoms with E-state index < -0.39 is 0 Å². The number of hydrogen-bond donors (Lipinski definition) is 0. The zero-order valence-electron chi connectivity index (χ0n) is 8.93. The first-order chi connectivity index (χ1) is 6.22. The lowest BCUT2D eigenvalue weighted by Crippen LogP contribution is -2.35. The quantitative estimate of drug-likeness (QED) is 0.654. The smallest absolute Gasteiger partial charge is 0.102 e. The van der Waals surface area contributed by atoms with Crippen molar-refractivity contribution in [3.8, 4) is 0 Å². The molecule has 78 valence electrons. The number of piperidine rings is 1. The van der Waals surface area contributed by atoms with Gasteiger partial charge in [0.2, 0.25) is 0 Å². The SMILES string of the molecule is CC(C)CC1CCN(CCF)CC1. The van der Waals surface area contributed by atoms with Crippen molar-refractivity contribution < 1.29 is 4.39 Å². The van der Waals surface area contributed by atoms with Crippen molar-refractivity contribution in [2.24, 2.45) is 11.8 Å². The molecule has 0 radical (unpaired) electrons. The fraction of sp³-hybridized carbons (Fsp3) is 1.00. The third kappa shape index (κ3) is 4.08. The monoisotopic (exact) mass is 187 g/mol. The summed E-state index contributed by atoms with van der Waals surface area (Å²) < 4.78 is 12.0. The molecular formula is C11H22FN. The highest BCUT2D eigenvalue weighted by Crippen LogP contribution is 2.23. The molecule has 2 heteroatoms. The van der Waals surface area contributed by atoms with Crippen LogP contribution in [0.25, 0.3) is 0 Å². The first-order valence-electron chi connectivity index (χ1n) is 5.50. The molecule has 0 aliphatic carbocycles. The van der Waals surface area contributed by atoms with Crippen LogP contribution in [0.4, 0.5) is 4.39 Å². The van der Waals surface area contributed by atoms with Gasteiger partial charge in [0.1, 0.15) is 6.67 Å². The molecule has 0 saturated carbocycles. The maximum atomic E-state index is 12.0. The average Bonchev–Trinajstić information content (AvgIpc) is 2.08. The molecule has 1 rings (SSSR count). The first-order valence-corrected chi connectivity index (χ1v) is 5.50. The Labute approximate surface area is 81.3 Å². The average molecular weight is 187 g/mol. The fourth-order valence-electron chi connectivity index (χ4n) is 2.23. The molecule has 0 amide bonds. The van der Waals surface area contributed by atoms with E-state index in [1.807, 2.05) is 0 Å². The summed E-state index contributed by atoms with van der Waals surface area (Å²) in [6.45, 7) is 7.26. The molecule has 0 N–H and O–H groups in total. The van der Waals surface area contributed by atoms with Crippen LogP contribution < -0.4 is 0 Å². The van der Waals surface area contributed by atoms with E-state index in [0.29, 0.717) is 6.54 Å². The molecule has 0 bridgehead atoms. The predicted octanol–water partition coefficient (Wildman–Crippen LogP) is 2.71. The summed E-state index contributed by atoms with van der Waals surface area (Å²) in [6, 6.07) is 0. The largest absolute Gasteiger partial charge is 0.301 e. The molecule has 1 aliphatic heterocycles. The number of halogens is 1. The summed E-state index contributed by atoms with van der Waals surface area (Å²) in [7, 11) is 0. The van der Waals surface area contributed by atoms with Crippen molar-refractivity contribution in [2.75, 3.05) is 26.3 Å². The maximum Gasteiger partial charge on any atom is 0.102 e. The summed E-state index contributed by atoms with van der Waals surface area (Å²) in [5.74, 6) is 1.72. The number of hydrogen-bond acceptors (Lipinski definition) is 1. The Bertz CT molecular complexity index is 128. The Balaban J connectivity index is 2.15. The second-order valence-corrected chi connectivity index (χ2v) is 4.60. The van der Waals surface area contributed by atoms with Gasteiger partial charge in [-0.05, 0) is 44.2 Å². The maximum absolute atomic E-state index is 12.0. The molecule has 1 nitrogen and oxygen atoms in total. The molecule has 13 heavy (non-hydrogen) atoms. The highest BCUT2D eigenvalue weighted by molar-refractivity contribution is 4.72. The van der Waals surface area contributed by atoms with Gasteiger partial charge in [-0.3, -0.25) is 0 Å². The van der Waals surface area contributed by atoms with E-state index >= 15 is 0 Å². The van der Waals surface area contributed by atoms with Crippen molar-refractivity contribution in [2.45, 2.75) is 33.1 Å². The molecule has 0 aromatic heterocycles.